The molecule has 2 N–H and O–H groups in total. The SMILES string of the molecule is C=CC(=O)Nc1cc(Nc2cc(C(=O)c3ccc(N4CCCC4)cc3)ccn2)c(OC)cc1N(C)CCN(C)C. The Morgan fingerprint density at radius 2 is 1.73 bits per heavy atom. The van der Waals surface area contributed by atoms with Gasteiger partial charge in [-0.2, -0.15) is 0 Å². The Labute approximate surface area is 236 Å². The van der Waals surface area contributed by atoms with Crippen molar-refractivity contribution in [1.29, 1.82) is 0 Å². The number of rotatable bonds is 12. The summed E-state index contributed by atoms with van der Waals surface area (Å²) >= 11 is 0. The predicted octanol–water partition coefficient (Wildman–Crippen LogP) is 4.79. The van der Waals surface area contributed by atoms with Gasteiger partial charge in [-0.15, -0.1) is 0 Å². The number of benzene rings is 2. The molecule has 1 aliphatic rings. The molecule has 0 saturated carbocycles. The largest absolute Gasteiger partial charge is 0.494 e. The van der Waals surface area contributed by atoms with Crippen LogP contribution in [0.2, 0.25) is 0 Å². The second kappa shape index (κ2) is 13.1. The number of aromatic nitrogens is 1. The van der Waals surface area contributed by atoms with Crippen LogP contribution in [0, 0.1) is 0 Å². The van der Waals surface area contributed by atoms with E-state index in [1.165, 1.54) is 18.9 Å². The fraction of sp³-hybridized carbons (Fsp3) is 0.323. The Morgan fingerprint density at radius 3 is 2.38 bits per heavy atom. The first-order valence-electron chi connectivity index (χ1n) is 13.4. The Balaban J connectivity index is 1.58. The number of likely N-dealkylation sites (N-methyl/N-ethyl adjacent to an activating group) is 2. The first kappa shape index (κ1) is 28.6. The van der Waals surface area contributed by atoms with Gasteiger partial charge in [-0.1, -0.05) is 6.58 Å². The summed E-state index contributed by atoms with van der Waals surface area (Å²) in [6.45, 7) is 7.26. The monoisotopic (exact) mass is 542 g/mol. The molecule has 0 aliphatic carbocycles. The number of anilines is 5. The van der Waals surface area contributed by atoms with E-state index in [4.69, 9.17) is 4.74 Å². The van der Waals surface area contributed by atoms with Crippen molar-refractivity contribution in [3.8, 4) is 5.75 Å². The first-order valence-corrected chi connectivity index (χ1v) is 13.4. The molecule has 3 aromatic rings. The summed E-state index contributed by atoms with van der Waals surface area (Å²) in [7, 11) is 7.57. The number of carbonyl (C=O) groups excluding carboxylic acids is 2. The Kier molecular flexibility index (Phi) is 9.39. The van der Waals surface area contributed by atoms with Crippen LogP contribution in [0.15, 0.2) is 67.4 Å². The fourth-order valence-electron chi connectivity index (χ4n) is 4.65. The van der Waals surface area contributed by atoms with E-state index in [2.05, 4.69) is 36.9 Å². The third-order valence-electron chi connectivity index (χ3n) is 6.94. The third kappa shape index (κ3) is 6.98. The molecule has 210 valence electrons. The summed E-state index contributed by atoms with van der Waals surface area (Å²) in [6, 6.07) is 14.9. The molecule has 0 spiro atoms. The number of ketones is 1. The van der Waals surface area contributed by atoms with Gasteiger partial charge in [0, 0.05) is 62.3 Å². The summed E-state index contributed by atoms with van der Waals surface area (Å²) in [5.74, 6) is 0.647. The maximum absolute atomic E-state index is 13.3. The topological polar surface area (TPSA) is 90.0 Å². The molecular formula is C31H38N6O3. The van der Waals surface area contributed by atoms with Crippen LogP contribution in [0.1, 0.15) is 28.8 Å². The van der Waals surface area contributed by atoms with Gasteiger partial charge in [0.2, 0.25) is 5.91 Å². The minimum atomic E-state index is -0.320. The average Bonchev–Trinajstić information content (AvgIpc) is 3.51. The number of nitrogens with one attached hydrogen (secondary N) is 2. The molecule has 0 atom stereocenters. The van der Waals surface area contributed by atoms with Crippen LogP contribution in [0.5, 0.6) is 5.75 Å². The van der Waals surface area contributed by atoms with Gasteiger partial charge >= 0.3 is 0 Å². The second-order valence-electron chi connectivity index (χ2n) is 10.1. The lowest BCUT2D eigenvalue weighted by Gasteiger charge is -2.26. The third-order valence-corrected chi connectivity index (χ3v) is 6.94. The van der Waals surface area contributed by atoms with Gasteiger partial charge in [0.25, 0.3) is 0 Å². The van der Waals surface area contributed by atoms with E-state index >= 15 is 0 Å². The van der Waals surface area contributed by atoms with Gasteiger partial charge in [0.05, 0.1) is 24.2 Å². The van der Waals surface area contributed by atoms with Crippen molar-refractivity contribution in [3.05, 3.63) is 78.5 Å². The molecule has 4 rings (SSSR count). The molecule has 0 unspecified atom stereocenters. The summed E-state index contributed by atoms with van der Waals surface area (Å²) in [5.41, 5.74) is 4.28. The fourth-order valence-corrected chi connectivity index (χ4v) is 4.65. The van der Waals surface area contributed by atoms with Crippen LogP contribution in [-0.2, 0) is 4.79 Å². The molecule has 1 fully saturated rings. The molecular weight excluding hydrogens is 504 g/mol. The quantitative estimate of drug-likeness (QED) is 0.250. The van der Waals surface area contributed by atoms with Crippen LogP contribution < -0.4 is 25.2 Å². The summed E-state index contributed by atoms with van der Waals surface area (Å²) < 4.78 is 5.69. The number of pyridine rings is 1. The molecule has 2 heterocycles. The van der Waals surface area contributed by atoms with Gasteiger partial charge in [0.15, 0.2) is 5.78 Å². The first-order chi connectivity index (χ1) is 19.3. The van der Waals surface area contributed by atoms with Crippen molar-refractivity contribution >= 4 is 40.3 Å². The van der Waals surface area contributed by atoms with Gasteiger partial charge in [-0.25, -0.2) is 4.98 Å². The van der Waals surface area contributed by atoms with Gasteiger partial charge < -0.3 is 30.1 Å². The lowest BCUT2D eigenvalue weighted by atomic mass is 10.0. The van der Waals surface area contributed by atoms with Crippen LogP contribution in [0.25, 0.3) is 0 Å². The van der Waals surface area contributed by atoms with E-state index in [-0.39, 0.29) is 11.7 Å². The maximum atomic E-state index is 13.3. The molecule has 9 nitrogen and oxygen atoms in total. The maximum Gasteiger partial charge on any atom is 0.247 e. The van der Waals surface area contributed by atoms with Crippen LogP contribution >= 0.6 is 0 Å². The molecule has 1 aliphatic heterocycles. The zero-order valence-corrected chi connectivity index (χ0v) is 23.7. The van der Waals surface area contributed by atoms with Crippen molar-refractivity contribution < 1.29 is 14.3 Å². The smallest absolute Gasteiger partial charge is 0.247 e. The zero-order chi connectivity index (χ0) is 28.6. The van der Waals surface area contributed by atoms with E-state index in [9.17, 15) is 9.59 Å². The number of methoxy groups -OCH3 is 1. The number of hydrogen-bond donors (Lipinski definition) is 2. The Hall–Kier alpha value is -4.37. The van der Waals surface area contributed by atoms with Crippen molar-refractivity contribution in [2.45, 2.75) is 12.8 Å². The summed E-state index contributed by atoms with van der Waals surface area (Å²) in [4.78, 5) is 36.4. The lowest BCUT2D eigenvalue weighted by molar-refractivity contribution is -0.111. The van der Waals surface area contributed by atoms with E-state index in [0.29, 0.717) is 34.1 Å². The molecule has 1 aromatic heterocycles. The number of nitrogens with zero attached hydrogens (tertiary/aromatic N) is 4. The highest BCUT2D eigenvalue weighted by Crippen LogP contribution is 2.38. The van der Waals surface area contributed by atoms with Gasteiger partial charge in [-0.3, -0.25) is 9.59 Å². The molecule has 0 radical (unpaired) electrons. The van der Waals surface area contributed by atoms with Crippen molar-refractivity contribution in [2.75, 3.05) is 74.9 Å². The highest BCUT2D eigenvalue weighted by Gasteiger charge is 2.18. The summed E-state index contributed by atoms with van der Waals surface area (Å²) in [5, 5.41) is 6.16. The summed E-state index contributed by atoms with van der Waals surface area (Å²) in [6.07, 6.45) is 5.24. The zero-order valence-electron chi connectivity index (χ0n) is 23.7. The molecule has 0 bridgehead atoms. The van der Waals surface area contributed by atoms with Crippen molar-refractivity contribution in [3.63, 3.8) is 0 Å². The van der Waals surface area contributed by atoms with E-state index in [1.807, 2.05) is 51.5 Å². The number of carbonyl (C=O) groups is 2. The Bertz CT molecular complexity index is 1350. The lowest BCUT2D eigenvalue weighted by Crippen LogP contribution is -2.29. The van der Waals surface area contributed by atoms with E-state index in [0.717, 1.165) is 37.6 Å². The molecule has 2 aromatic carbocycles. The van der Waals surface area contributed by atoms with Crippen LogP contribution in [-0.4, -0.2) is 76.0 Å². The predicted molar refractivity (Wildman–Crippen MR) is 162 cm³/mol. The van der Waals surface area contributed by atoms with Gasteiger partial charge in [0.1, 0.15) is 11.6 Å². The number of ether oxygens (including phenoxy) is 1. The molecule has 40 heavy (non-hydrogen) atoms. The number of amides is 1. The standard InChI is InChI=1S/C31H38N6O3/c1-6-30(38)34-25-20-26(28(40-5)21-27(25)36(4)18-17-35(2)3)33-29-19-23(13-14-32-29)31(39)22-9-11-24(12-10-22)37-15-7-8-16-37/h6,9-14,19-21H,1,7-8,15-18H2,2-5H3,(H,32,33)(H,34,38). The van der Waals surface area contributed by atoms with E-state index < -0.39 is 0 Å². The Morgan fingerprint density at radius 1 is 1.00 bits per heavy atom. The van der Waals surface area contributed by atoms with E-state index in [1.54, 1.807) is 31.5 Å². The average molecular weight is 543 g/mol. The minimum absolute atomic E-state index is 0.0813. The van der Waals surface area contributed by atoms with Crippen molar-refractivity contribution in [1.82, 2.24) is 9.88 Å². The minimum Gasteiger partial charge on any atom is -0.494 e. The highest BCUT2D eigenvalue weighted by molar-refractivity contribution is 6.09. The normalized spacial score (nSPS) is 12.8. The molecule has 1 amide bonds. The highest BCUT2D eigenvalue weighted by atomic mass is 16.5. The van der Waals surface area contributed by atoms with Gasteiger partial charge in [-0.05, 0) is 75.5 Å². The van der Waals surface area contributed by atoms with Crippen molar-refractivity contribution in [2.24, 2.45) is 0 Å². The molecule has 9 heteroatoms. The molecule has 1 saturated heterocycles. The number of hydrogen-bond acceptors (Lipinski definition) is 8. The van der Waals surface area contributed by atoms with Crippen LogP contribution in [0.4, 0.5) is 28.6 Å². The second-order valence-corrected chi connectivity index (χ2v) is 10.1. The van der Waals surface area contributed by atoms with Crippen LogP contribution in [0.3, 0.4) is 0 Å².